The van der Waals surface area contributed by atoms with Gasteiger partial charge in [-0.1, -0.05) is 42.0 Å². The zero-order chi connectivity index (χ0) is 15.4. The molecule has 2 N–H and O–H groups in total. The first-order valence-corrected chi connectivity index (χ1v) is 7.47. The summed E-state index contributed by atoms with van der Waals surface area (Å²) in [5.74, 6) is 0. The largest absolute Gasteiger partial charge is 0.388 e. The predicted octanol–water partition coefficient (Wildman–Crippen LogP) is 3.56. The van der Waals surface area contributed by atoms with E-state index in [2.05, 4.69) is 23.9 Å². The van der Waals surface area contributed by atoms with Crippen molar-refractivity contribution in [3.8, 4) is 0 Å². The van der Waals surface area contributed by atoms with E-state index in [9.17, 15) is 0 Å². The van der Waals surface area contributed by atoms with Gasteiger partial charge in [0.1, 0.15) is 10.7 Å². The molecular weight excluding hydrogens is 302 g/mol. The first-order chi connectivity index (χ1) is 9.99. The van der Waals surface area contributed by atoms with Crippen molar-refractivity contribution in [2.24, 2.45) is 5.73 Å². The fraction of sp³-hybridized carbons (Fsp3) is 0.250. The minimum absolute atomic E-state index is 0.252. The summed E-state index contributed by atoms with van der Waals surface area (Å²) in [5.41, 5.74) is 8.67. The third-order valence-corrected chi connectivity index (χ3v) is 4.00. The molecule has 5 heteroatoms. The summed E-state index contributed by atoms with van der Waals surface area (Å²) in [7, 11) is 2.07. The number of hydrogen-bond donors (Lipinski definition) is 1. The van der Waals surface area contributed by atoms with Crippen LogP contribution < -0.4 is 5.73 Å². The maximum atomic E-state index is 5.93. The van der Waals surface area contributed by atoms with Gasteiger partial charge in [0, 0.05) is 23.8 Å². The Morgan fingerprint density at radius 2 is 2.00 bits per heavy atom. The van der Waals surface area contributed by atoms with E-state index in [-0.39, 0.29) is 6.04 Å². The lowest BCUT2D eigenvalue weighted by atomic mass is 10.1. The Bertz CT molecular complexity index is 628. The topological polar surface area (TPSA) is 42.2 Å². The molecule has 0 aliphatic heterocycles. The SMILES string of the molecule is CC(c1ccc(Cl)cc1)N(C)Cc1cccnc1C(N)=S. The molecule has 0 aliphatic carbocycles. The molecule has 0 saturated heterocycles. The van der Waals surface area contributed by atoms with Crippen LogP contribution in [0.3, 0.4) is 0 Å². The molecule has 1 atom stereocenters. The molecule has 3 nitrogen and oxygen atoms in total. The number of hydrogen-bond acceptors (Lipinski definition) is 3. The molecular formula is C16H18ClN3S. The van der Waals surface area contributed by atoms with Crippen molar-refractivity contribution >= 4 is 28.8 Å². The first-order valence-electron chi connectivity index (χ1n) is 6.68. The second-order valence-electron chi connectivity index (χ2n) is 5.02. The third-order valence-electron chi connectivity index (χ3n) is 3.56. The van der Waals surface area contributed by atoms with Crippen LogP contribution in [0.2, 0.25) is 5.02 Å². The van der Waals surface area contributed by atoms with E-state index in [1.54, 1.807) is 6.20 Å². The zero-order valence-corrected chi connectivity index (χ0v) is 13.7. The average molecular weight is 320 g/mol. The van der Waals surface area contributed by atoms with E-state index in [4.69, 9.17) is 29.6 Å². The highest BCUT2D eigenvalue weighted by atomic mass is 35.5. The number of pyridine rings is 1. The molecule has 0 amide bonds. The summed E-state index contributed by atoms with van der Waals surface area (Å²) < 4.78 is 0. The van der Waals surface area contributed by atoms with Gasteiger partial charge in [0.15, 0.2) is 0 Å². The number of nitrogens with zero attached hydrogens (tertiary/aromatic N) is 2. The van der Waals surface area contributed by atoms with Crippen molar-refractivity contribution in [1.29, 1.82) is 0 Å². The maximum Gasteiger partial charge on any atom is 0.123 e. The summed E-state index contributed by atoms with van der Waals surface area (Å²) in [4.78, 5) is 6.82. The Balaban J connectivity index is 2.16. The van der Waals surface area contributed by atoms with Crippen molar-refractivity contribution < 1.29 is 0 Å². The van der Waals surface area contributed by atoms with E-state index in [0.717, 1.165) is 17.1 Å². The summed E-state index contributed by atoms with van der Waals surface area (Å²) in [6.07, 6.45) is 1.71. The molecule has 0 radical (unpaired) electrons. The fourth-order valence-corrected chi connectivity index (χ4v) is 2.50. The van der Waals surface area contributed by atoms with Crippen LogP contribution in [0.15, 0.2) is 42.6 Å². The van der Waals surface area contributed by atoms with Crippen molar-refractivity contribution in [1.82, 2.24) is 9.88 Å². The van der Waals surface area contributed by atoms with Crippen molar-refractivity contribution in [2.75, 3.05) is 7.05 Å². The van der Waals surface area contributed by atoms with E-state index < -0.39 is 0 Å². The summed E-state index contributed by atoms with van der Waals surface area (Å²) in [6.45, 7) is 2.88. The first kappa shape index (κ1) is 15.9. The van der Waals surface area contributed by atoms with Gasteiger partial charge in [0.2, 0.25) is 0 Å². The molecule has 0 saturated carbocycles. The third kappa shape index (κ3) is 4.00. The zero-order valence-electron chi connectivity index (χ0n) is 12.1. The average Bonchev–Trinajstić information content (AvgIpc) is 2.47. The number of nitrogens with two attached hydrogens (primary N) is 1. The lowest BCUT2D eigenvalue weighted by molar-refractivity contribution is 0.252. The van der Waals surface area contributed by atoms with Gasteiger partial charge < -0.3 is 5.73 Å². The minimum atomic E-state index is 0.252. The number of thiocarbonyl (C=S) groups is 1. The molecule has 2 rings (SSSR count). The Labute approximate surface area is 135 Å². The van der Waals surface area contributed by atoms with E-state index >= 15 is 0 Å². The monoisotopic (exact) mass is 319 g/mol. The Hall–Kier alpha value is -1.49. The number of benzene rings is 1. The smallest absolute Gasteiger partial charge is 0.123 e. The van der Waals surface area contributed by atoms with Crippen molar-refractivity contribution in [3.05, 3.63) is 64.4 Å². The van der Waals surface area contributed by atoms with Gasteiger partial charge in [-0.05, 0) is 43.3 Å². The molecule has 2 aromatic rings. The quantitative estimate of drug-likeness (QED) is 0.856. The molecule has 0 aliphatic rings. The van der Waals surface area contributed by atoms with Crippen molar-refractivity contribution in [3.63, 3.8) is 0 Å². The number of aromatic nitrogens is 1. The van der Waals surface area contributed by atoms with Crippen LogP contribution in [0, 0.1) is 0 Å². The second-order valence-corrected chi connectivity index (χ2v) is 5.89. The van der Waals surface area contributed by atoms with Crippen molar-refractivity contribution in [2.45, 2.75) is 19.5 Å². The Morgan fingerprint density at radius 1 is 1.33 bits per heavy atom. The van der Waals surface area contributed by atoms with E-state index in [1.807, 2.05) is 36.4 Å². The molecule has 1 aromatic heterocycles. The lowest BCUT2D eigenvalue weighted by Gasteiger charge is -2.25. The van der Waals surface area contributed by atoms with Crippen LogP contribution >= 0.6 is 23.8 Å². The summed E-state index contributed by atoms with van der Waals surface area (Å²) >= 11 is 11.0. The molecule has 110 valence electrons. The molecule has 0 bridgehead atoms. The van der Waals surface area contributed by atoms with Gasteiger partial charge in [-0.25, -0.2) is 0 Å². The number of rotatable bonds is 5. The maximum absolute atomic E-state index is 5.93. The summed E-state index contributed by atoms with van der Waals surface area (Å²) in [6, 6.07) is 12.1. The molecule has 1 aromatic carbocycles. The van der Waals surface area contributed by atoms with Gasteiger partial charge in [0.25, 0.3) is 0 Å². The van der Waals surface area contributed by atoms with Crippen LogP contribution in [0.1, 0.15) is 29.8 Å². The van der Waals surface area contributed by atoms with Gasteiger partial charge >= 0.3 is 0 Å². The van der Waals surface area contributed by atoms with E-state index in [0.29, 0.717) is 10.7 Å². The molecule has 0 spiro atoms. The second kappa shape index (κ2) is 6.98. The predicted molar refractivity (Wildman–Crippen MR) is 91.5 cm³/mol. The summed E-state index contributed by atoms with van der Waals surface area (Å²) in [5, 5.41) is 0.747. The molecule has 21 heavy (non-hydrogen) atoms. The highest BCUT2D eigenvalue weighted by molar-refractivity contribution is 7.80. The van der Waals surface area contributed by atoms with Gasteiger partial charge in [-0.15, -0.1) is 0 Å². The highest BCUT2D eigenvalue weighted by Crippen LogP contribution is 2.22. The van der Waals surface area contributed by atoms with Crippen LogP contribution in [0.4, 0.5) is 0 Å². The standard InChI is InChI=1S/C16H18ClN3S/c1-11(12-5-7-14(17)8-6-12)20(2)10-13-4-3-9-19-15(13)16(18)21/h3-9,11H,10H2,1-2H3,(H2,18,21). The van der Waals surface area contributed by atoms with Crippen LogP contribution in [0.25, 0.3) is 0 Å². The van der Waals surface area contributed by atoms with Crippen LogP contribution in [0.5, 0.6) is 0 Å². The van der Waals surface area contributed by atoms with E-state index in [1.165, 1.54) is 5.56 Å². The van der Waals surface area contributed by atoms with Crippen LogP contribution in [-0.4, -0.2) is 21.9 Å². The molecule has 1 unspecified atom stereocenters. The number of halogens is 1. The normalized spacial score (nSPS) is 12.4. The Morgan fingerprint density at radius 3 is 2.62 bits per heavy atom. The lowest BCUT2D eigenvalue weighted by Crippen LogP contribution is -2.24. The minimum Gasteiger partial charge on any atom is -0.388 e. The van der Waals surface area contributed by atoms with Gasteiger partial charge in [0.05, 0.1) is 0 Å². The Kier molecular flexibility index (Phi) is 5.28. The molecule has 0 fully saturated rings. The molecule has 1 heterocycles. The fourth-order valence-electron chi connectivity index (χ4n) is 2.19. The van der Waals surface area contributed by atoms with Gasteiger partial charge in [-0.3, -0.25) is 9.88 Å². The van der Waals surface area contributed by atoms with Gasteiger partial charge in [-0.2, -0.15) is 0 Å². The highest BCUT2D eigenvalue weighted by Gasteiger charge is 2.14. The van der Waals surface area contributed by atoms with Crippen LogP contribution in [-0.2, 0) is 6.54 Å².